The highest BCUT2D eigenvalue weighted by Gasteiger charge is 2.42. The third-order valence-electron chi connectivity index (χ3n) is 5.70. The summed E-state index contributed by atoms with van der Waals surface area (Å²) < 4.78 is 3.08. The van der Waals surface area contributed by atoms with E-state index in [1.165, 1.54) is 0 Å². The quantitative estimate of drug-likeness (QED) is 0.343. The van der Waals surface area contributed by atoms with Crippen molar-refractivity contribution in [1.29, 1.82) is 0 Å². The SMILES string of the molecule is O=C1CCC(C2Cc3c(NCCCCn4cc(I)cn4)cccc3C2=O)C(=O)N1. The molecule has 7 nitrogen and oxygen atoms in total. The number of hydrogen-bond acceptors (Lipinski definition) is 5. The highest BCUT2D eigenvalue weighted by atomic mass is 127. The van der Waals surface area contributed by atoms with Crippen LogP contribution in [-0.4, -0.2) is 33.9 Å². The summed E-state index contributed by atoms with van der Waals surface area (Å²) in [5, 5.41) is 10.1. The van der Waals surface area contributed by atoms with Crippen molar-refractivity contribution >= 4 is 45.9 Å². The van der Waals surface area contributed by atoms with Crippen LogP contribution >= 0.6 is 22.6 Å². The van der Waals surface area contributed by atoms with Crippen LogP contribution < -0.4 is 10.6 Å². The lowest BCUT2D eigenvalue weighted by atomic mass is 9.83. The lowest BCUT2D eigenvalue weighted by Gasteiger charge is -2.24. The molecular weight excluding hydrogens is 483 g/mol. The molecule has 2 N–H and O–H groups in total. The molecule has 1 aliphatic carbocycles. The molecular formula is C21H23IN4O3. The Kier molecular flexibility index (Phi) is 5.98. The fourth-order valence-electron chi connectivity index (χ4n) is 4.22. The van der Waals surface area contributed by atoms with Crippen molar-refractivity contribution in [1.82, 2.24) is 15.1 Å². The minimum Gasteiger partial charge on any atom is -0.385 e. The van der Waals surface area contributed by atoms with Crippen LogP contribution in [0.1, 0.15) is 41.6 Å². The Labute approximate surface area is 182 Å². The third kappa shape index (κ3) is 4.36. The van der Waals surface area contributed by atoms with Crippen LogP contribution in [0, 0.1) is 15.4 Å². The van der Waals surface area contributed by atoms with Gasteiger partial charge >= 0.3 is 0 Å². The number of rotatable bonds is 7. The Morgan fingerprint density at radius 1 is 1.21 bits per heavy atom. The van der Waals surface area contributed by atoms with E-state index < -0.39 is 5.92 Å². The Morgan fingerprint density at radius 3 is 2.83 bits per heavy atom. The number of aryl methyl sites for hydroxylation is 1. The van der Waals surface area contributed by atoms with Gasteiger partial charge in [0.15, 0.2) is 5.78 Å². The number of anilines is 1. The molecule has 29 heavy (non-hydrogen) atoms. The standard InChI is InChI=1S/C21H23IN4O3/c22-13-11-24-26(12-13)9-2-1-8-23-18-5-3-4-14-16(18)10-17(20(14)28)15-6-7-19(27)25-21(15)29/h3-5,11-12,15,17,23H,1-2,6-10H2,(H,25,27,29). The predicted octanol–water partition coefficient (Wildman–Crippen LogP) is 2.79. The topological polar surface area (TPSA) is 93.1 Å². The zero-order chi connectivity index (χ0) is 20.4. The molecule has 1 aromatic carbocycles. The van der Waals surface area contributed by atoms with E-state index in [0.717, 1.165) is 40.8 Å². The van der Waals surface area contributed by atoms with Gasteiger partial charge in [0.25, 0.3) is 0 Å². The lowest BCUT2D eigenvalue weighted by molar-refractivity contribution is -0.137. The van der Waals surface area contributed by atoms with Crippen LogP contribution in [-0.2, 0) is 22.6 Å². The minimum atomic E-state index is -0.419. The average Bonchev–Trinajstić information content (AvgIpc) is 3.25. The summed E-state index contributed by atoms with van der Waals surface area (Å²) in [5.41, 5.74) is 2.67. The van der Waals surface area contributed by atoms with Gasteiger partial charge in [0.1, 0.15) is 0 Å². The van der Waals surface area contributed by atoms with Crippen molar-refractivity contribution in [3.63, 3.8) is 0 Å². The summed E-state index contributed by atoms with van der Waals surface area (Å²) in [5.74, 6) is -1.33. The van der Waals surface area contributed by atoms with Gasteiger partial charge in [-0.1, -0.05) is 12.1 Å². The molecule has 2 atom stereocenters. The number of benzene rings is 1. The maximum absolute atomic E-state index is 12.9. The fraction of sp³-hybridized carbons (Fsp3) is 0.429. The van der Waals surface area contributed by atoms with Gasteiger partial charge in [-0.25, -0.2) is 0 Å². The summed E-state index contributed by atoms with van der Waals surface area (Å²) in [4.78, 5) is 36.6. The first-order chi connectivity index (χ1) is 14.0. The lowest BCUT2D eigenvalue weighted by Crippen LogP contribution is -2.44. The minimum absolute atomic E-state index is 0.0198. The van der Waals surface area contributed by atoms with Crippen LogP contribution in [0.2, 0.25) is 0 Å². The first-order valence-electron chi connectivity index (χ1n) is 9.94. The van der Waals surface area contributed by atoms with Gasteiger partial charge in [0, 0.05) is 48.8 Å². The van der Waals surface area contributed by atoms with Crippen molar-refractivity contribution < 1.29 is 14.4 Å². The maximum atomic E-state index is 12.9. The average molecular weight is 506 g/mol. The van der Waals surface area contributed by atoms with Crippen LogP contribution in [0.3, 0.4) is 0 Å². The predicted molar refractivity (Wildman–Crippen MR) is 117 cm³/mol. The number of carbonyl (C=O) groups is 3. The Balaban J connectivity index is 1.35. The molecule has 2 aliphatic rings. The van der Waals surface area contributed by atoms with E-state index in [2.05, 4.69) is 38.3 Å². The molecule has 152 valence electrons. The highest BCUT2D eigenvalue weighted by molar-refractivity contribution is 14.1. The van der Waals surface area contributed by atoms with E-state index in [-0.39, 0.29) is 23.5 Å². The molecule has 8 heteroatoms. The van der Waals surface area contributed by atoms with Gasteiger partial charge in [-0.15, -0.1) is 0 Å². The number of unbranched alkanes of at least 4 members (excludes halogenated alkanes) is 1. The molecule has 1 aliphatic heterocycles. The number of nitrogens with one attached hydrogen (secondary N) is 2. The largest absolute Gasteiger partial charge is 0.385 e. The first-order valence-corrected chi connectivity index (χ1v) is 11.0. The van der Waals surface area contributed by atoms with Gasteiger partial charge < -0.3 is 5.32 Å². The van der Waals surface area contributed by atoms with Crippen molar-refractivity contribution in [3.8, 4) is 0 Å². The number of nitrogens with zero attached hydrogens (tertiary/aromatic N) is 2. The van der Waals surface area contributed by atoms with Gasteiger partial charge in [-0.05, 0) is 59.9 Å². The summed E-state index contributed by atoms with van der Waals surface area (Å²) in [6.45, 7) is 1.69. The number of imide groups is 1. The molecule has 4 rings (SSSR count). The second kappa shape index (κ2) is 8.64. The van der Waals surface area contributed by atoms with Crippen LogP contribution in [0.4, 0.5) is 5.69 Å². The van der Waals surface area contributed by atoms with Crippen molar-refractivity contribution in [2.75, 3.05) is 11.9 Å². The number of ketones is 1. The van der Waals surface area contributed by atoms with Crippen LogP contribution in [0.25, 0.3) is 0 Å². The molecule has 0 bridgehead atoms. The molecule has 1 saturated heterocycles. The van der Waals surface area contributed by atoms with E-state index >= 15 is 0 Å². The van der Waals surface area contributed by atoms with Gasteiger partial charge in [0.2, 0.25) is 11.8 Å². The zero-order valence-electron chi connectivity index (χ0n) is 16.0. The Hall–Kier alpha value is -2.23. The molecule has 1 fully saturated rings. The summed E-state index contributed by atoms with van der Waals surface area (Å²) in [7, 11) is 0. The molecule has 2 amide bonds. The van der Waals surface area contributed by atoms with Crippen molar-refractivity contribution in [2.24, 2.45) is 11.8 Å². The van der Waals surface area contributed by atoms with Crippen molar-refractivity contribution in [2.45, 2.75) is 38.6 Å². The number of fused-ring (bicyclic) bond motifs is 1. The molecule has 2 aromatic rings. The summed E-state index contributed by atoms with van der Waals surface area (Å²) in [6, 6.07) is 5.72. The number of Topliss-reactive ketones (excluding diaryl/α,β-unsaturated/α-hetero) is 1. The molecule has 1 aromatic heterocycles. The number of carbonyl (C=O) groups excluding carboxylic acids is 3. The highest BCUT2D eigenvalue weighted by Crippen LogP contribution is 2.38. The number of halogens is 1. The number of piperidine rings is 1. The fourth-order valence-corrected chi connectivity index (χ4v) is 4.66. The number of aromatic nitrogens is 2. The number of hydrogen-bond donors (Lipinski definition) is 2. The maximum Gasteiger partial charge on any atom is 0.230 e. The first kappa shape index (κ1) is 20.1. The summed E-state index contributed by atoms with van der Waals surface area (Å²) in [6.07, 6.45) is 7.18. The molecule has 0 spiro atoms. The van der Waals surface area contributed by atoms with Crippen LogP contribution in [0.15, 0.2) is 30.6 Å². The second-order valence-corrected chi connectivity index (χ2v) is 8.87. The van der Waals surface area contributed by atoms with E-state index in [4.69, 9.17) is 0 Å². The second-order valence-electron chi connectivity index (χ2n) is 7.62. The molecule has 2 unspecified atom stereocenters. The monoisotopic (exact) mass is 506 g/mol. The van der Waals surface area contributed by atoms with E-state index in [9.17, 15) is 14.4 Å². The Morgan fingerprint density at radius 2 is 2.07 bits per heavy atom. The van der Waals surface area contributed by atoms with Crippen LogP contribution in [0.5, 0.6) is 0 Å². The van der Waals surface area contributed by atoms with Gasteiger partial charge in [-0.2, -0.15) is 5.10 Å². The zero-order valence-corrected chi connectivity index (χ0v) is 18.1. The van der Waals surface area contributed by atoms with E-state index in [1.807, 2.05) is 35.3 Å². The molecule has 0 radical (unpaired) electrons. The van der Waals surface area contributed by atoms with E-state index in [1.54, 1.807) is 0 Å². The Bertz CT molecular complexity index is 955. The van der Waals surface area contributed by atoms with Crippen molar-refractivity contribution in [3.05, 3.63) is 45.3 Å². The molecule has 0 saturated carbocycles. The summed E-state index contributed by atoms with van der Waals surface area (Å²) >= 11 is 2.25. The third-order valence-corrected chi connectivity index (χ3v) is 6.26. The van der Waals surface area contributed by atoms with Gasteiger partial charge in [0.05, 0.1) is 9.77 Å². The van der Waals surface area contributed by atoms with Gasteiger partial charge in [-0.3, -0.25) is 24.4 Å². The smallest absolute Gasteiger partial charge is 0.230 e. The number of amides is 2. The van der Waals surface area contributed by atoms with E-state index in [0.29, 0.717) is 24.8 Å². The normalized spacial score (nSPS) is 21.2. The molecule has 2 heterocycles.